The van der Waals surface area contributed by atoms with Crippen LogP contribution in [0.2, 0.25) is 0 Å². The van der Waals surface area contributed by atoms with Crippen LogP contribution in [0.1, 0.15) is 17.5 Å². The number of carbonyl (C=O) groups is 1. The highest BCUT2D eigenvalue weighted by Gasteiger charge is 2.28. The summed E-state index contributed by atoms with van der Waals surface area (Å²) >= 11 is 0. The first-order chi connectivity index (χ1) is 12.3. The van der Waals surface area contributed by atoms with E-state index in [2.05, 4.69) is 15.8 Å². The zero-order valence-electron chi connectivity index (χ0n) is 14.1. The second-order valence-corrected chi connectivity index (χ2v) is 8.10. The third-order valence-electron chi connectivity index (χ3n) is 4.02. The highest BCUT2D eigenvalue weighted by atomic mass is 32.2. The Bertz CT molecular complexity index is 970. The predicted octanol–water partition coefficient (Wildman–Crippen LogP) is 2.24. The Balaban J connectivity index is 1.69. The number of hydrogen-bond donors (Lipinski definition) is 2. The minimum absolute atomic E-state index is 0.00808. The number of anilines is 1. The molecule has 6 nitrogen and oxygen atoms in total. The summed E-state index contributed by atoms with van der Waals surface area (Å²) in [6, 6.07) is 11.0. The minimum atomic E-state index is -3.45. The van der Waals surface area contributed by atoms with E-state index in [9.17, 15) is 17.6 Å². The van der Waals surface area contributed by atoms with E-state index < -0.39 is 15.7 Å². The molecule has 0 fully saturated rings. The Labute approximate surface area is 151 Å². The monoisotopic (exact) mass is 375 g/mol. The van der Waals surface area contributed by atoms with Crippen LogP contribution in [-0.4, -0.2) is 32.3 Å². The summed E-state index contributed by atoms with van der Waals surface area (Å²) < 4.78 is 37.7. The fourth-order valence-corrected chi connectivity index (χ4v) is 4.08. The van der Waals surface area contributed by atoms with Gasteiger partial charge < -0.3 is 5.32 Å². The Morgan fingerprint density at radius 2 is 1.92 bits per heavy atom. The smallest absolute Gasteiger partial charge is 0.259 e. The Morgan fingerprint density at radius 1 is 1.19 bits per heavy atom. The van der Waals surface area contributed by atoms with Gasteiger partial charge >= 0.3 is 0 Å². The molecule has 0 radical (unpaired) electrons. The molecule has 8 heteroatoms. The summed E-state index contributed by atoms with van der Waals surface area (Å²) in [6.45, 7) is 1.98. The molecule has 0 unspecified atom stereocenters. The molecule has 1 aliphatic rings. The average Bonchev–Trinajstić information content (AvgIpc) is 2.60. The molecule has 2 N–H and O–H groups in total. The van der Waals surface area contributed by atoms with E-state index in [1.165, 1.54) is 6.07 Å². The van der Waals surface area contributed by atoms with Gasteiger partial charge in [-0.15, -0.1) is 0 Å². The molecule has 136 valence electrons. The molecule has 3 rings (SSSR count). The number of carbonyl (C=O) groups excluding carboxylic acids is 1. The molecule has 26 heavy (non-hydrogen) atoms. The van der Waals surface area contributed by atoms with Gasteiger partial charge in [0.15, 0.2) is 9.84 Å². The van der Waals surface area contributed by atoms with Gasteiger partial charge in [0.25, 0.3) is 5.91 Å². The van der Waals surface area contributed by atoms with Gasteiger partial charge in [-0.25, -0.2) is 18.2 Å². The van der Waals surface area contributed by atoms with Crippen molar-refractivity contribution in [2.75, 3.05) is 17.6 Å². The lowest BCUT2D eigenvalue weighted by molar-refractivity contribution is -0.119. The molecule has 0 saturated carbocycles. The van der Waals surface area contributed by atoms with E-state index in [1.807, 2.05) is 31.2 Å². The maximum atomic E-state index is 13.5. The Hall–Kier alpha value is -2.74. The van der Waals surface area contributed by atoms with Gasteiger partial charge in [-0.2, -0.15) is 5.10 Å². The lowest BCUT2D eigenvalue weighted by Crippen LogP contribution is -2.29. The van der Waals surface area contributed by atoms with Crippen molar-refractivity contribution in [2.24, 2.45) is 5.10 Å². The van der Waals surface area contributed by atoms with Crippen molar-refractivity contribution in [1.29, 1.82) is 0 Å². The van der Waals surface area contributed by atoms with Crippen LogP contribution in [0.25, 0.3) is 0 Å². The van der Waals surface area contributed by atoms with Crippen molar-refractivity contribution in [3.8, 4) is 0 Å². The highest BCUT2D eigenvalue weighted by molar-refractivity contribution is 7.91. The van der Waals surface area contributed by atoms with Crippen molar-refractivity contribution in [2.45, 2.75) is 18.2 Å². The fraction of sp³-hybridized carbons (Fsp3) is 0.222. The van der Waals surface area contributed by atoms with Crippen LogP contribution in [0.15, 0.2) is 52.5 Å². The van der Waals surface area contributed by atoms with Gasteiger partial charge in [-0.1, -0.05) is 17.7 Å². The molecule has 0 aromatic heterocycles. The molecule has 2 aromatic rings. The number of hydrogen-bond acceptors (Lipinski definition) is 5. The number of nitrogens with zero attached hydrogens (tertiary/aromatic N) is 1. The Morgan fingerprint density at radius 3 is 2.65 bits per heavy atom. The van der Waals surface area contributed by atoms with Crippen molar-refractivity contribution in [3.05, 3.63) is 59.4 Å². The van der Waals surface area contributed by atoms with Gasteiger partial charge in [-0.3, -0.25) is 4.79 Å². The zero-order valence-corrected chi connectivity index (χ0v) is 14.9. The zero-order chi connectivity index (χ0) is 18.7. The summed E-state index contributed by atoms with van der Waals surface area (Å²) in [6.07, 6.45) is 0.116. The number of rotatable bonds is 4. The average molecular weight is 375 g/mol. The van der Waals surface area contributed by atoms with Crippen LogP contribution < -0.4 is 10.7 Å². The molecule has 1 aliphatic heterocycles. The number of fused-ring (bicyclic) bond motifs is 1. The second-order valence-electron chi connectivity index (χ2n) is 6.02. The molecule has 0 saturated heterocycles. The molecular formula is C18H18FN3O3S. The summed E-state index contributed by atoms with van der Waals surface area (Å²) in [5.74, 6) is -1.06. The number of amides is 1. The Kier molecular flexibility index (Phi) is 5.03. The van der Waals surface area contributed by atoms with E-state index >= 15 is 0 Å². The van der Waals surface area contributed by atoms with Crippen LogP contribution in [0.5, 0.6) is 0 Å². The summed E-state index contributed by atoms with van der Waals surface area (Å²) in [7, 11) is -3.45. The molecular weight excluding hydrogens is 357 g/mol. The van der Waals surface area contributed by atoms with Crippen LogP contribution in [0.4, 0.5) is 10.1 Å². The van der Waals surface area contributed by atoms with Crippen LogP contribution >= 0.6 is 0 Å². The number of halogens is 1. The third kappa shape index (κ3) is 4.08. The second kappa shape index (κ2) is 7.25. The molecule has 2 aromatic carbocycles. The third-order valence-corrected chi connectivity index (χ3v) is 5.78. The SMILES string of the molecule is Cc1ccc(NCC(=O)N/N=C2\CCS(=O)(=O)c3ccc(F)cc32)cc1. The first-order valence-corrected chi connectivity index (χ1v) is 9.69. The molecule has 1 heterocycles. The van der Waals surface area contributed by atoms with Crippen LogP contribution in [-0.2, 0) is 14.6 Å². The normalized spacial score (nSPS) is 16.8. The van der Waals surface area contributed by atoms with Gasteiger partial charge in [-0.05, 0) is 37.3 Å². The minimum Gasteiger partial charge on any atom is -0.376 e. The van der Waals surface area contributed by atoms with E-state index in [-0.39, 0.29) is 35.1 Å². The van der Waals surface area contributed by atoms with Gasteiger partial charge in [0, 0.05) is 17.7 Å². The first-order valence-electron chi connectivity index (χ1n) is 8.04. The van der Waals surface area contributed by atoms with Gasteiger partial charge in [0.1, 0.15) is 5.82 Å². The van der Waals surface area contributed by atoms with Gasteiger partial charge in [0.2, 0.25) is 0 Å². The molecule has 0 aliphatic carbocycles. The van der Waals surface area contributed by atoms with E-state index in [4.69, 9.17) is 0 Å². The fourth-order valence-electron chi connectivity index (χ4n) is 2.61. The van der Waals surface area contributed by atoms with Crippen molar-refractivity contribution in [3.63, 3.8) is 0 Å². The summed E-state index contributed by atoms with van der Waals surface area (Å²) in [5.41, 5.74) is 4.85. The molecule has 0 spiro atoms. The van der Waals surface area contributed by atoms with Crippen molar-refractivity contribution >= 4 is 27.1 Å². The number of nitrogens with one attached hydrogen (secondary N) is 2. The van der Waals surface area contributed by atoms with E-state index in [0.717, 1.165) is 23.4 Å². The quantitative estimate of drug-likeness (QED) is 0.634. The first kappa shape index (κ1) is 18.1. The van der Waals surface area contributed by atoms with E-state index in [1.54, 1.807) is 0 Å². The standard InChI is InChI=1S/C18H18FN3O3S/c1-12-2-5-14(6-3-12)20-11-18(23)22-21-16-8-9-26(24,25)17-7-4-13(19)10-15(16)17/h2-7,10,20H,8-9,11H2,1H3,(H,22,23)/b21-16+. The van der Waals surface area contributed by atoms with Crippen LogP contribution in [0, 0.1) is 12.7 Å². The maximum Gasteiger partial charge on any atom is 0.259 e. The number of aryl methyl sites for hydroxylation is 1. The maximum absolute atomic E-state index is 13.5. The summed E-state index contributed by atoms with van der Waals surface area (Å²) in [5, 5.41) is 6.97. The number of sulfone groups is 1. The van der Waals surface area contributed by atoms with Gasteiger partial charge in [0.05, 0.1) is 22.9 Å². The largest absolute Gasteiger partial charge is 0.376 e. The molecule has 0 atom stereocenters. The number of hydrazone groups is 1. The van der Waals surface area contributed by atoms with Crippen molar-refractivity contribution < 1.29 is 17.6 Å². The van der Waals surface area contributed by atoms with Crippen molar-refractivity contribution in [1.82, 2.24) is 5.43 Å². The lowest BCUT2D eigenvalue weighted by Gasteiger charge is -2.18. The summed E-state index contributed by atoms with van der Waals surface area (Å²) in [4.78, 5) is 12.0. The van der Waals surface area contributed by atoms with Crippen LogP contribution in [0.3, 0.4) is 0 Å². The molecule has 1 amide bonds. The topological polar surface area (TPSA) is 87.6 Å². The van der Waals surface area contributed by atoms with E-state index in [0.29, 0.717) is 5.71 Å². The lowest BCUT2D eigenvalue weighted by atomic mass is 10.1. The number of benzene rings is 2. The highest BCUT2D eigenvalue weighted by Crippen LogP contribution is 2.26. The molecule has 0 bridgehead atoms. The predicted molar refractivity (Wildman–Crippen MR) is 97.4 cm³/mol.